The fourth-order valence-electron chi connectivity index (χ4n) is 3.32. The van der Waals surface area contributed by atoms with Gasteiger partial charge in [0.2, 0.25) is 0 Å². The van der Waals surface area contributed by atoms with E-state index in [0.29, 0.717) is 0 Å². The number of amides is 2. The molecule has 0 saturated heterocycles. The molecule has 30 heavy (non-hydrogen) atoms. The summed E-state index contributed by atoms with van der Waals surface area (Å²) in [6.45, 7) is 4.10. The standard InChI is InChI=1S/C22H22F3N3O2/c1-14-11-16(15(2)28(14)19-9-4-5-10-20(19)30-3)13-26-21(29)27-18-8-6-7-17(12-18)22(23,24)25/h4-12H,13H2,1-3H3,(H2,26,27,29). The van der Waals surface area contributed by atoms with Crippen molar-refractivity contribution < 1.29 is 22.7 Å². The predicted molar refractivity (Wildman–Crippen MR) is 109 cm³/mol. The first-order chi connectivity index (χ1) is 14.2. The van der Waals surface area contributed by atoms with Crippen LogP contribution in [0.15, 0.2) is 54.6 Å². The molecule has 0 fully saturated rings. The van der Waals surface area contributed by atoms with Gasteiger partial charge in [0.15, 0.2) is 0 Å². The van der Waals surface area contributed by atoms with Crippen molar-refractivity contribution in [3.63, 3.8) is 0 Å². The molecule has 5 nitrogen and oxygen atoms in total. The molecule has 0 aliphatic rings. The molecule has 0 unspecified atom stereocenters. The number of carbonyl (C=O) groups is 1. The average molecular weight is 417 g/mol. The smallest absolute Gasteiger partial charge is 0.416 e. The quantitative estimate of drug-likeness (QED) is 0.581. The molecule has 2 N–H and O–H groups in total. The number of aromatic nitrogens is 1. The Morgan fingerprint density at radius 2 is 1.80 bits per heavy atom. The summed E-state index contributed by atoms with van der Waals surface area (Å²) in [6.07, 6.45) is -4.47. The van der Waals surface area contributed by atoms with E-state index in [4.69, 9.17) is 4.74 Å². The van der Waals surface area contributed by atoms with E-state index in [9.17, 15) is 18.0 Å². The molecule has 0 aliphatic carbocycles. The number of ether oxygens (including phenoxy) is 1. The van der Waals surface area contributed by atoms with Crippen molar-refractivity contribution in [2.24, 2.45) is 0 Å². The van der Waals surface area contributed by atoms with Crippen molar-refractivity contribution in [1.82, 2.24) is 9.88 Å². The van der Waals surface area contributed by atoms with Crippen LogP contribution in [0.25, 0.3) is 5.69 Å². The number of anilines is 1. The molecule has 2 aromatic carbocycles. The van der Waals surface area contributed by atoms with Gasteiger partial charge < -0.3 is 19.9 Å². The molecule has 0 spiro atoms. The van der Waals surface area contributed by atoms with E-state index in [1.165, 1.54) is 12.1 Å². The predicted octanol–water partition coefficient (Wildman–Crippen LogP) is 5.44. The van der Waals surface area contributed by atoms with E-state index in [2.05, 4.69) is 10.6 Å². The Morgan fingerprint density at radius 1 is 1.07 bits per heavy atom. The number of nitrogens with zero attached hydrogens (tertiary/aromatic N) is 1. The van der Waals surface area contributed by atoms with Crippen molar-refractivity contribution >= 4 is 11.7 Å². The topological polar surface area (TPSA) is 55.3 Å². The normalized spacial score (nSPS) is 11.3. The zero-order valence-electron chi connectivity index (χ0n) is 16.8. The summed E-state index contributed by atoms with van der Waals surface area (Å²) in [4.78, 5) is 12.2. The van der Waals surface area contributed by atoms with Crippen LogP contribution in [0, 0.1) is 13.8 Å². The second-order valence-corrected chi connectivity index (χ2v) is 6.79. The SMILES string of the molecule is COc1ccccc1-n1c(C)cc(CNC(=O)Nc2cccc(C(F)(F)F)c2)c1C. The summed E-state index contributed by atoms with van der Waals surface area (Å²) >= 11 is 0. The molecule has 8 heteroatoms. The highest BCUT2D eigenvalue weighted by molar-refractivity contribution is 5.89. The lowest BCUT2D eigenvalue weighted by atomic mass is 10.2. The summed E-state index contributed by atoms with van der Waals surface area (Å²) in [6, 6.07) is 13.5. The molecule has 3 rings (SSSR count). The Hall–Kier alpha value is -3.42. The monoisotopic (exact) mass is 417 g/mol. The Morgan fingerprint density at radius 3 is 2.50 bits per heavy atom. The van der Waals surface area contributed by atoms with Crippen LogP contribution in [-0.2, 0) is 12.7 Å². The Balaban J connectivity index is 1.72. The number of para-hydroxylation sites is 2. The first-order valence-corrected chi connectivity index (χ1v) is 9.24. The van der Waals surface area contributed by atoms with Gasteiger partial charge in [-0.05, 0) is 55.8 Å². The van der Waals surface area contributed by atoms with Crippen LogP contribution in [0.2, 0.25) is 0 Å². The lowest BCUT2D eigenvalue weighted by molar-refractivity contribution is -0.137. The minimum Gasteiger partial charge on any atom is -0.495 e. The first-order valence-electron chi connectivity index (χ1n) is 9.24. The van der Waals surface area contributed by atoms with Crippen molar-refractivity contribution in [3.8, 4) is 11.4 Å². The zero-order chi connectivity index (χ0) is 21.9. The number of carbonyl (C=O) groups excluding carboxylic acids is 1. The van der Waals surface area contributed by atoms with E-state index >= 15 is 0 Å². The highest BCUT2D eigenvalue weighted by atomic mass is 19.4. The van der Waals surface area contributed by atoms with Crippen LogP contribution < -0.4 is 15.4 Å². The summed E-state index contributed by atoms with van der Waals surface area (Å²) in [5.41, 5.74) is 2.91. The maximum Gasteiger partial charge on any atom is 0.416 e. The number of hydrogen-bond acceptors (Lipinski definition) is 2. The molecule has 0 saturated carbocycles. The third-order valence-electron chi connectivity index (χ3n) is 4.75. The number of urea groups is 1. The number of benzene rings is 2. The Bertz CT molecular complexity index is 1060. The van der Waals surface area contributed by atoms with Gasteiger partial charge in [0.05, 0.1) is 18.4 Å². The molecule has 3 aromatic rings. The second-order valence-electron chi connectivity index (χ2n) is 6.79. The van der Waals surface area contributed by atoms with Crippen molar-refractivity contribution in [2.45, 2.75) is 26.6 Å². The van der Waals surface area contributed by atoms with Crippen LogP contribution in [0.3, 0.4) is 0 Å². The molecule has 2 amide bonds. The minimum absolute atomic E-state index is 0.0711. The molecule has 0 radical (unpaired) electrons. The highest BCUT2D eigenvalue weighted by Crippen LogP contribution is 2.31. The van der Waals surface area contributed by atoms with Gasteiger partial charge >= 0.3 is 12.2 Å². The molecule has 1 aromatic heterocycles. The largest absolute Gasteiger partial charge is 0.495 e. The van der Waals surface area contributed by atoms with E-state index in [-0.39, 0.29) is 12.2 Å². The van der Waals surface area contributed by atoms with Gasteiger partial charge in [-0.15, -0.1) is 0 Å². The molecule has 0 atom stereocenters. The minimum atomic E-state index is -4.47. The summed E-state index contributed by atoms with van der Waals surface area (Å²) in [5.74, 6) is 0.723. The fraction of sp³-hybridized carbons (Fsp3) is 0.227. The number of halogens is 3. The number of nitrogens with one attached hydrogen (secondary N) is 2. The van der Waals surface area contributed by atoms with Crippen LogP contribution in [-0.4, -0.2) is 17.7 Å². The fourth-order valence-corrected chi connectivity index (χ4v) is 3.32. The van der Waals surface area contributed by atoms with E-state index < -0.39 is 17.8 Å². The second kappa shape index (κ2) is 8.52. The van der Waals surface area contributed by atoms with Gasteiger partial charge in [-0.25, -0.2) is 4.79 Å². The summed E-state index contributed by atoms with van der Waals surface area (Å²) < 4.78 is 45.9. The summed E-state index contributed by atoms with van der Waals surface area (Å²) in [7, 11) is 1.60. The van der Waals surface area contributed by atoms with Gasteiger partial charge in [-0.1, -0.05) is 18.2 Å². The zero-order valence-corrected chi connectivity index (χ0v) is 16.8. The van der Waals surface area contributed by atoms with Gasteiger partial charge in [-0.2, -0.15) is 13.2 Å². The first kappa shape index (κ1) is 21.3. The number of rotatable bonds is 5. The van der Waals surface area contributed by atoms with E-state index in [0.717, 1.165) is 40.5 Å². The van der Waals surface area contributed by atoms with Crippen molar-refractivity contribution in [2.75, 3.05) is 12.4 Å². The Labute approximate surface area is 172 Å². The maximum absolute atomic E-state index is 12.8. The molecule has 0 aliphatic heterocycles. The molecule has 158 valence electrons. The average Bonchev–Trinajstić information content (AvgIpc) is 2.99. The number of aryl methyl sites for hydroxylation is 1. The van der Waals surface area contributed by atoms with Crippen molar-refractivity contribution in [1.29, 1.82) is 0 Å². The maximum atomic E-state index is 12.8. The number of alkyl halides is 3. The lowest BCUT2D eigenvalue weighted by Crippen LogP contribution is -2.28. The van der Waals surface area contributed by atoms with Gasteiger partial charge in [0.1, 0.15) is 5.75 Å². The molecular formula is C22H22F3N3O2. The van der Waals surface area contributed by atoms with Crippen molar-refractivity contribution in [3.05, 3.63) is 77.1 Å². The highest BCUT2D eigenvalue weighted by Gasteiger charge is 2.30. The number of methoxy groups -OCH3 is 1. The summed E-state index contributed by atoms with van der Waals surface area (Å²) in [5, 5.41) is 5.13. The van der Waals surface area contributed by atoms with Crippen LogP contribution in [0.1, 0.15) is 22.5 Å². The van der Waals surface area contributed by atoms with Crippen LogP contribution in [0.4, 0.5) is 23.7 Å². The molecular weight excluding hydrogens is 395 g/mol. The van der Waals surface area contributed by atoms with Gasteiger partial charge in [0.25, 0.3) is 0 Å². The molecule has 0 bridgehead atoms. The van der Waals surface area contributed by atoms with E-state index in [1.54, 1.807) is 7.11 Å². The van der Waals surface area contributed by atoms with Crippen LogP contribution >= 0.6 is 0 Å². The Kier molecular flexibility index (Phi) is 6.05. The van der Waals surface area contributed by atoms with Gasteiger partial charge in [-0.3, -0.25) is 0 Å². The number of hydrogen-bond donors (Lipinski definition) is 2. The lowest BCUT2D eigenvalue weighted by Gasteiger charge is -2.14. The van der Waals surface area contributed by atoms with Crippen LogP contribution in [0.5, 0.6) is 5.75 Å². The third kappa shape index (κ3) is 4.59. The molecule has 1 heterocycles. The van der Waals surface area contributed by atoms with E-state index in [1.807, 2.05) is 48.7 Å². The third-order valence-corrected chi connectivity index (χ3v) is 4.75. The van der Waals surface area contributed by atoms with Gasteiger partial charge in [0, 0.05) is 23.6 Å².